The predicted octanol–water partition coefficient (Wildman–Crippen LogP) is 5.24. The van der Waals surface area contributed by atoms with Crippen molar-refractivity contribution in [1.82, 2.24) is 4.90 Å². The van der Waals surface area contributed by atoms with E-state index >= 15 is 0 Å². The molecule has 2 heteroatoms. The molecule has 1 saturated heterocycles. The van der Waals surface area contributed by atoms with Gasteiger partial charge in [0, 0.05) is 19.7 Å². The van der Waals surface area contributed by atoms with Crippen LogP contribution in [0.15, 0.2) is 91.0 Å². The number of ether oxygens (including phenoxy) is 1. The average molecular weight is 357 g/mol. The van der Waals surface area contributed by atoms with Gasteiger partial charge in [-0.05, 0) is 36.1 Å². The first-order valence-electron chi connectivity index (χ1n) is 9.79. The smallest absolute Gasteiger partial charge is 0.133 e. The summed E-state index contributed by atoms with van der Waals surface area (Å²) in [4.78, 5) is 2.60. The standard InChI is InChI=1S/C25H27NO/c1-27-25(22-14-7-3-8-15-22,23-16-9-4-10-17-23)24-18-11-19-26(24)20-21-12-5-2-6-13-21/h2-10,12-17,24H,11,18-20H2,1H3. The zero-order chi connectivity index (χ0) is 18.5. The maximum atomic E-state index is 6.42. The average Bonchev–Trinajstić information content (AvgIpc) is 3.20. The predicted molar refractivity (Wildman–Crippen MR) is 111 cm³/mol. The van der Waals surface area contributed by atoms with E-state index in [1.165, 1.54) is 23.1 Å². The van der Waals surface area contributed by atoms with Gasteiger partial charge in [0.15, 0.2) is 0 Å². The summed E-state index contributed by atoms with van der Waals surface area (Å²) in [5.41, 5.74) is 3.34. The Hall–Kier alpha value is -2.42. The first kappa shape index (κ1) is 18.0. The number of nitrogens with zero attached hydrogens (tertiary/aromatic N) is 1. The zero-order valence-corrected chi connectivity index (χ0v) is 15.9. The summed E-state index contributed by atoms with van der Waals surface area (Å²) in [5.74, 6) is 0. The van der Waals surface area contributed by atoms with Gasteiger partial charge >= 0.3 is 0 Å². The normalized spacial score (nSPS) is 17.9. The minimum absolute atomic E-state index is 0.299. The molecule has 0 N–H and O–H groups in total. The van der Waals surface area contributed by atoms with Gasteiger partial charge in [-0.15, -0.1) is 0 Å². The van der Waals surface area contributed by atoms with E-state index in [0.717, 1.165) is 19.5 Å². The number of rotatable bonds is 6. The van der Waals surface area contributed by atoms with Gasteiger partial charge < -0.3 is 4.74 Å². The van der Waals surface area contributed by atoms with Crippen molar-refractivity contribution in [3.05, 3.63) is 108 Å². The number of likely N-dealkylation sites (tertiary alicyclic amines) is 1. The van der Waals surface area contributed by atoms with E-state index in [-0.39, 0.29) is 0 Å². The minimum atomic E-state index is -0.464. The van der Waals surface area contributed by atoms with Crippen molar-refractivity contribution in [3.8, 4) is 0 Å². The molecular weight excluding hydrogens is 330 g/mol. The molecule has 2 nitrogen and oxygen atoms in total. The minimum Gasteiger partial charge on any atom is -0.367 e. The molecule has 0 bridgehead atoms. The molecule has 0 aromatic heterocycles. The van der Waals surface area contributed by atoms with Crippen LogP contribution >= 0.6 is 0 Å². The van der Waals surface area contributed by atoms with E-state index < -0.39 is 5.60 Å². The lowest BCUT2D eigenvalue weighted by atomic mass is 9.78. The molecule has 3 aromatic rings. The van der Waals surface area contributed by atoms with E-state index in [1.54, 1.807) is 0 Å². The monoisotopic (exact) mass is 357 g/mol. The lowest BCUT2D eigenvalue weighted by molar-refractivity contribution is -0.0441. The fraction of sp³-hybridized carbons (Fsp3) is 0.280. The summed E-state index contributed by atoms with van der Waals surface area (Å²) >= 11 is 0. The number of benzene rings is 3. The molecule has 27 heavy (non-hydrogen) atoms. The van der Waals surface area contributed by atoms with E-state index in [9.17, 15) is 0 Å². The van der Waals surface area contributed by atoms with Crippen LogP contribution in [0.1, 0.15) is 29.5 Å². The molecule has 1 aliphatic rings. The van der Waals surface area contributed by atoms with Gasteiger partial charge in [-0.1, -0.05) is 91.0 Å². The molecule has 0 amide bonds. The van der Waals surface area contributed by atoms with Crippen molar-refractivity contribution in [2.45, 2.75) is 31.0 Å². The summed E-state index contributed by atoms with van der Waals surface area (Å²) < 4.78 is 6.42. The van der Waals surface area contributed by atoms with Crippen molar-refractivity contribution in [2.75, 3.05) is 13.7 Å². The second-order valence-corrected chi connectivity index (χ2v) is 7.29. The van der Waals surface area contributed by atoms with Crippen molar-refractivity contribution < 1.29 is 4.74 Å². The van der Waals surface area contributed by atoms with Crippen LogP contribution in [0.5, 0.6) is 0 Å². The van der Waals surface area contributed by atoms with Gasteiger partial charge in [-0.25, -0.2) is 0 Å². The van der Waals surface area contributed by atoms with Gasteiger partial charge in [0.1, 0.15) is 5.60 Å². The summed E-state index contributed by atoms with van der Waals surface area (Å²) in [6.45, 7) is 2.06. The lowest BCUT2D eigenvalue weighted by Crippen LogP contribution is -2.49. The Morgan fingerprint density at radius 3 is 1.85 bits per heavy atom. The molecule has 1 atom stereocenters. The van der Waals surface area contributed by atoms with Crippen LogP contribution in [-0.2, 0) is 16.9 Å². The Balaban J connectivity index is 1.78. The van der Waals surface area contributed by atoms with Crippen LogP contribution < -0.4 is 0 Å². The molecule has 138 valence electrons. The second-order valence-electron chi connectivity index (χ2n) is 7.29. The number of hydrogen-bond donors (Lipinski definition) is 0. The van der Waals surface area contributed by atoms with Crippen molar-refractivity contribution >= 4 is 0 Å². The van der Waals surface area contributed by atoms with Gasteiger partial charge in [0.05, 0.1) is 0 Å². The first-order chi connectivity index (χ1) is 13.3. The molecule has 1 heterocycles. The third kappa shape index (κ3) is 3.43. The Labute approximate surface area is 162 Å². The maximum Gasteiger partial charge on any atom is 0.133 e. The van der Waals surface area contributed by atoms with Crippen LogP contribution in [-0.4, -0.2) is 24.6 Å². The van der Waals surface area contributed by atoms with Crippen molar-refractivity contribution in [2.24, 2.45) is 0 Å². The molecule has 4 rings (SSSR count). The summed E-state index contributed by atoms with van der Waals surface area (Å²) in [5, 5.41) is 0. The molecule has 1 fully saturated rings. The Morgan fingerprint density at radius 2 is 1.33 bits per heavy atom. The van der Waals surface area contributed by atoms with E-state index in [4.69, 9.17) is 4.74 Å². The molecule has 0 radical (unpaired) electrons. The van der Waals surface area contributed by atoms with E-state index in [0.29, 0.717) is 6.04 Å². The number of hydrogen-bond acceptors (Lipinski definition) is 2. The fourth-order valence-corrected chi connectivity index (χ4v) is 4.59. The highest BCUT2D eigenvalue weighted by molar-refractivity contribution is 5.39. The Kier molecular flexibility index (Phi) is 5.38. The first-order valence-corrected chi connectivity index (χ1v) is 9.79. The van der Waals surface area contributed by atoms with Gasteiger partial charge in [0.2, 0.25) is 0 Å². The zero-order valence-electron chi connectivity index (χ0n) is 15.9. The molecule has 1 aliphatic heterocycles. The van der Waals surface area contributed by atoms with Gasteiger partial charge in [-0.3, -0.25) is 4.90 Å². The molecule has 0 saturated carbocycles. The summed E-state index contributed by atoms with van der Waals surface area (Å²) in [7, 11) is 1.86. The Bertz CT molecular complexity index is 792. The largest absolute Gasteiger partial charge is 0.367 e. The molecular formula is C25H27NO. The summed E-state index contributed by atoms with van der Waals surface area (Å²) in [6.07, 6.45) is 2.33. The summed E-state index contributed by atoms with van der Waals surface area (Å²) in [6, 6.07) is 32.5. The van der Waals surface area contributed by atoms with E-state index in [1.807, 2.05) is 7.11 Å². The lowest BCUT2D eigenvalue weighted by Gasteiger charge is -2.43. The highest BCUT2D eigenvalue weighted by atomic mass is 16.5. The van der Waals surface area contributed by atoms with Gasteiger partial charge in [0.25, 0.3) is 0 Å². The molecule has 1 unspecified atom stereocenters. The highest BCUT2D eigenvalue weighted by Gasteiger charge is 2.47. The van der Waals surface area contributed by atoms with Crippen molar-refractivity contribution in [3.63, 3.8) is 0 Å². The third-order valence-corrected chi connectivity index (χ3v) is 5.79. The Morgan fingerprint density at radius 1 is 0.815 bits per heavy atom. The maximum absolute atomic E-state index is 6.42. The number of methoxy groups -OCH3 is 1. The highest BCUT2D eigenvalue weighted by Crippen LogP contribution is 2.43. The quantitative estimate of drug-likeness (QED) is 0.598. The van der Waals surface area contributed by atoms with Gasteiger partial charge in [-0.2, -0.15) is 0 Å². The molecule has 0 spiro atoms. The van der Waals surface area contributed by atoms with Crippen molar-refractivity contribution in [1.29, 1.82) is 0 Å². The van der Waals surface area contributed by atoms with Crippen LogP contribution in [0, 0.1) is 0 Å². The topological polar surface area (TPSA) is 12.5 Å². The molecule has 3 aromatic carbocycles. The van der Waals surface area contributed by atoms with Crippen LogP contribution in [0.4, 0.5) is 0 Å². The van der Waals surface area contributed by atoms with Crippen LogP contribution in [0.3, 0.4) is 0 Å². The van der Waals surface area contributed by atoms with Crippen LogP contribution in [0.25, 0.3) is 0 Å². The third-order valence-electron chi connectivity index (χ3n) is 5.79. The second kappa shape index (κ2) is 8.08. The fourth-order valence-electron chi connectivity index (χ4n) is 4.59. The SMILES string of the molecule is COC(c1ccccc1)(c1ccccc1)C1CCCN1Cc1ccccc1. The van der Waals surface area contributed by atoms with Crippen LogP contribution in [0.2, 0.25) is 0 Å². The van der Waals surface area contributed by atoms with E-state index in [2.05, 4.69) is 95.9 Å². The molecule has 0 aliphatic carbocycles.